The van der Waals surface area contributed by atoms with Gasteiger partial charge in [0.05, 0.1) is 29.5 Å². The van der Waals surface area contributed by atoms with Gasteiger partial charge >= 0.3 is 0 Å². The quantitative estimate of drug-likeness (QED) is 0.660. The first-order valence-electron chi connectivity index (χ1n) is 7.36. The minimum Gasteiger partial charge on any atom is -0.497 e. The second kappa shape index (κ2) is 7.88. The number of nitrogens with zero attached hydrogens (tertiary/aromatic N) is 2. The van der Waals surface area contributed by atoms with Crippen LogP contribution < -0.4 is 14.8 Å². The second-order valence-electron chi connectivity index (χ2n) is 5.04. The van der Waals surface area contributed by atoms with Gasteiger partial charge in [-0.05, 0) is 42.5 Å². The third kappa shape index (κ3) is 4.41. The lowest BCUT2D eigenvalue weighted by Crippen LogP contribution is -1.97. The van der Waals surface area contributed by atoms with Crippen LogP contribution in [0.15, 0.2) is 47.8 Å². The van der Waals surface area contributed by atoms with E-state index in [1.54, 1.807) is 25.3 Å². The van der Waals surface area contributed by atoms with Crippen LogP contribution in [-0.2, 0) is 6.61 Å². The number of hydrogen-bond acceptors (Lipinski definition) is 6. The molecule has 2 aromatic carbocycles. The summed E-state index contributed by atoms with van der Waals surface area (Å²) in [7, 11) is 1.63. The molecule has 0 aliphatic heterocycles. The van der Waals surface area contributed by atoms with Crippen LogP contribution in [0.3, 0.4) is 0 Å². The van der Waals surface area contributed by atoms with Gasteiger partial charge in [0.25, 0.3) is 0 Å². The van der Waals surface area contributed by atoms with Crippen molar-refractivity contribution in [3.63, 3.8) is 0 Å². The molecule has 0 aliphatic rings. The number of nitrogens with one attached hydrogen (secondary N) is 1. The smallest absolute Gasteiger partial charge is 0.187 e. The average Bonchev–Trinajstić information content (AvgIpc) is 3.08. The molecule has 25 heavy (non-hydrogen) atoms. The Morgan fingerprint density at radius 1 is 1.24 bits per heavy atom. The average molecular weight is 372 g/mol. The van der Waals surface area contributed by atoms with Gasteiger partial charge in [0, 0.05) is 11.1 Å². The van der Waals surface area contributed by atoms with Crippen molar-refractivity contribution in [1.82, 2.24) is 4.98 Å². The van der Waals surface area contributed by atoms with Crippen LogP contribution in [0.2, 0.25) is 5.02 Å². The number of ether oxygens (including phenoxy) is 2. The summed E-state index contributed by atoms with van der Waals surface area (Å²) in [5, 5.41) is 15.2. The lowest BCUT2D eigenvalue weighted by Gasteiger charge is -2.06. The Morgan fingerprint density at radius 3 is 2.72 bits per heavy atom. The van der Waals surface area contributed by atoms with E-state index in [4.69, 9.17) is 26.3 Å². The first-order chi connectivity index (χ1) is 12.2. The van der Waals surface area contributed by atoms with E-state index in [0.717, 1.165) is 22.3 Å². The second-order valence-corrected chi connectivity index (χ2v) is 6.31. The number of hydrogen-bond donors (Lipinski definition) is 1. The van der Waals surface area contributed by atoms with Crippen molar-refractivity contribution in [3.05, 3.63) is 64.1 Å². The Hall–Kier alpha value is -2.75. The number of benzene rings is 2. The van der Waals surface area contributed by atoms with Gasteiger partial charge in [-0.1, -0.05) is 11.6 Å². The van der Waals surface area contributed by atoms with Gasteiger partial charge in [0.1, 0.15) is 18.1 Å². The van der Waals surface area contributed by atoms with E-state index in [9.17, 15) is 0 Å². The van der Waals surface area contributed by atoms with Crippen LogP contribution in [0.5, 0.6) is 11.5 Å². The van der Waals surface area contributed by atoms with Gasteiger partial charge in [0.2, 0.25) is 0 Å². The summed E-state index contributed by atoms with van der Waals surface area (Å²) >= 11 is 7.59. The monoisotopic (exact) mass is 371 g/mol. The van der Waals surface area contributed by atoms with E-state index in [0.29, 0.717) is 22.9 Å². The molecule has 5 nitrogen and oxygen atoms in total. The lowest BCUT2D eigenvalue weighted by atomic mass is 10.2. The summed E-state index contributed by atoms with van der Waals surface area (Å²) in [6, 6.07) is 14.6. The summed E-state index contributed by atoms with van der Waals surface area (Å²) in [5.41, 5.74) is 2.22. The van der Waals surface area contributed by atoms with E-state index >= 15 is 0 Å². The summed E-state index contributed by atoms with van der Waals surface area (Å²) < 4.78 is 10.8. The zero-order valence-corrected chi connectivity index (χ0v) is 14.9. The molecular weight excluding hydrogens is 358 g/mol. The molecule has 1 N–H and O–H groups in total. The molecule has 3 aromatic rings. The summed E-state index contributed by atoms with van der Waals surface area (Å²) in [4.78, 5) is 4.48. The Kier molecular flexibility index (Phi) is 5.39. The first-order valence-corrected chi connectivity index (χ1v) is 8.61. The van der Waals surface area contributed by atoms with Crippen LogP contribution in [0.25, 0.3) is 0 Å². The molecule has 0 fully saturated rings. The lowest BCUT2D eigenvalue weighted by molar-refractivity contribution is 0.302. The normalized spacial score (nSPS) is 10.1. The van der Waals surface area contributed by atoms with Crippen molar-refractivity contribution >= 4 is 33.8 Å². The number of anilines is 2. The zero-order valence-electron chi connectivity index (χ0n) is 13.3. The Labute approximate surface area is 154 Å². The highest BCUT2D eigenvalue weighted by atomic mass is 35.5. The molecule has 1 aromatic heterocycles. The standard InChI is InChI=1S/C18H14ClN3O2S/c1-23-15-5-3-13(4-6-15)21-18-22-14(11-25-18)10-24-17-7-2-12(9-20)8-16(17)19/h2-8,11H,10H2,1H3,(H,21,22). The number of halogens is 1. The summed E-state index contributed by atoms with van der Waals surface area (Å²) in [6.07, 6.45) is 0. The van der Waals surface area contributed by atoms with Crippen LogP contribution in [0, 0.1) is 11.3 Å². The van der Waals surface area contributed by atoms with Crippen molar-refractivity contribution in [3.8, 4) is 17.6 Å². The van der Waals surface area contributed by atoms with Crippen LogP contribution >= 0.6 is 22.9 Å². The van der Waals surface area contributed by atoms with Gasteiger partial charge in [0.15, 0.2) is 5.13 Å². The van der Waals surface area contributed by atoms with E-state index in [2.05, 4.69) is 10.3 Å². The molecule has 0 saturated carbocycles. The topological polar surface area (TPSA) is 67.2 Å². The highest BCUT2D eigenvalue weighted by Crippen LogP contribution is 2.27. The molecule has 0 unspecified atom stereocenters. The third-order valence-corrected chi connectivity index (χ3v) is 4.43. The van der Waals surface area contributed by atoms with Crippen molar-refractivity contribution < 1.29 is 9.47 Å². The number of rotatable bonds is 6. The molecule has 0 spiro atoms. The van der Waals surface area contributed by atoms with Crippen molar-refractivity contribution in [2.75, 3.05) is 12.4 Å². The van der Waals surface area contributed by atoms with E-state index in [1.807, 2.05) is 35.7 Å². The number of nitriles is 1. The molecule has 0 aliphatic carbocycles. The van der Waals surface area contributed by atoms with E-state index in [-0.39, 0.29) is 0 Å². The van der Waals surface area contributed by atoms with Gasteiger partial charge < -0.3 is 14.8 Å². The predicted molar refractivity (Wildman–Crippen MR) is 98.9 cm³/mol. The minimum absolute atomic E-state index is 0.298. The molecule has 0 saturated heterocycles. The fourth-order valence-electron chi connectivity index (χ4n) is 2.07. The highest BCUT2D eigenvalue weighted by molar-refractivity contribution is 7.13. The van der Waals surface area contributed by atoms with Crippen molar-refractivity contribution in [2.45, 2.75) is 6.61 Å². The fourth-order valence-corrected chi connectivity index (χ4v) is 3.02. The highest BCUT2D eigenvalue weighted by Gasteiger charge is 2.07. The first kappa shape index (κ1) is 17.1. The number of thiazole rings is 1. The summed E-state index contributed by atoms with van der Waals surface area (Å²) in [6.45, 7) is 0.298. The van der Waals surface area contributed by atoms with Crippen LogP contribution in [0.4, 0.5) is 10.8 Å². The number of methoxy groups -OCH3 is 1. The molecular formula is C18H14ClN3O2S. The largest absolute Gasteiger partial charge is 0.497 e. The third-order valence-electron chi connectivity index (χ3n) is 3.33. The fraction of sp³-hybridized carbons (Fsp3) is 0.111. The van der Waals surface area contributed by atoms with E-state index in [1.165, 1.54) is 11.3 Å². The Morgan fingerprint density at radius 2 is 2.04 bits per heavy atom. The maximum Gasteiger partial charge on any atom is 0.187 e. The van der Waals surface area contributed by atoms with Crippen LogP contribution in [-0.4, -0.2) is 12.1 Å². The van der Waals surface area contributed by atoms with Gasteiger partial charge in [-0.2, -0.15) is 5.26 Å². The van der Waals surface area contributed by atoms with Crippen LogP contribution in [0.1, 0.15) is 11.3 Å². The molecule has 3 rings (SSSR count). The SMILES string of the molecule is COc1ccc(Nc2nc(COc3ccc(C#N)cc3Cl)cs2)cc1. The van der Waals surface area contributed by atoms with Gasteiger partial charge in [-0.3, -0.25) is 0 Å². The Bertz CT molecular complexity index is 903. The molecule has 0 bridgehead atoms. The molecule has 126 valence electrons. The molecule has 0 amide bonds. The molecule has 0 atom stereocenters. The molecule has 0 radical (unpaired) electrons. The van der Waals surface area contributed by atoms with Gasteiger partial charge in [-0.15, -0.1) is 11.3 Å². The van der Waals surface area contributed by atoms with Crippen molar-refractivity contribution in [1.29, 1.82) is 5.26 Å². The van der Waals surface area contributed by atoms with Crippen molar-refractivity contribution in [2.24, 2.45) is 0 Å². The predicted octanol–water partition coefficient (Wildman–Crippen LogP) is 5.00. The maximum absolute atomic E-state index is 8.84. The maximum atomic E-state index is 8.84. The number of aromatic nitrogens is 1. The van der Waals surface area contributed by atoms with E-state index < -0.39 is 0 Å². The molecule has 1 heterocycles. The summed E-state index contributed by atoms with van der Waals surface area (Å²) in [5.74, 6) is 1.33. The minimum atomic E-state index is 0.298. The zero-order chi connectivity index (χ0) is 17.6. The Balaban J connectivity index is 1.60. The van der Waals surface area contributed by atoms with Gasteiger partial charge in [-0.25, -0.2) is 4.98 Å². The molecule has 7 heteroatoms.